The van der Waals surface area contributed by atoms with Crippen LogP contribution in [0.1, 0.15) is 48.0 Å². The maximum atomic E-state index is 14.0. The molecule has 0 radical (unpaired) electrons. The predicted molar refractivity (Wildman–Crippen MR) is 152 cm³/mol. The van der Waals surface area contributed by atoms with Gasteiger partial charge in [0.1, 0.15) is 32.0 Å². The smallest absolute Gasteiger partial charge is 0.341 e. The molecule has 4 bridgehead atoms. The first-order valence-corrected chi connectivity index (χ1v) is 16.6. The highest BCUT2D eigenvalue weighted by Crippen LogP contribution is 2.59. The third-order valence-corrected chi connectivity index (χ3v) is 14.1. The average Bonchev–Trinajstić information content (AvgIpc) is 2.97. The minimum absolute atomic E-state index is 0.0585. The van der Waals surface area contributed by atoms with Crippen LogP contribution in [0.15, 0.2) is 79.1 Å². The van der Waals surface area contributed by atoms with E-state index in [0.29, 0.717) is 45.4 Å². The Morgan fingerprint density at radius 1 is 0.952 bits per heavy atom. The monoisotopic (exact) mass is 605 g/mol. The summed E-state index contributed by atoms with van der Waals surface area (Å²) in [7, 11) is -3.60. The summed E-state index contributed by atoms with van der Waals surface area (Å²) >= 11 is 0. The maximum absolute atomic E-state index is 14.0. The van der Waals surface area contributed by atoms with Crippen molar-refractivity contribution in [3.05, 3.63) is 65.7 Å². The van der Waals surface area contributed by atoms with Gasteiger partial charge in [0.15, 0.2) is 26.2 Å². The molecule has 216 valence electrons. The van der Waals surface area contributed by atoms with Crippen molar-refractivity contribution in [1.29, 1.82) is 0 Å². The maximum Gasteiger partial charge on any atom is 0.341 e. The van der Waals surface area contributed by atoms with Crippen molar-refractivity contribution >= 4 is 38.5 Å². The second kappa shape index (κ2) is 9.44. The molecule has 1 heterocycles. The van der Waals surface area contributed by atoms with E-state index in [0.717, 1.165) is 12.8 Å². The van der Waals surface area contributed by atoms with E-state index in [-0.39, 0.29) is 44.5 Å². The number of ketones is 1. The number of carboxylic acids is 1. The molecule has 3 aromatic carbocycles. The molecule has 42 heavy (non-hydrogen) atoms. The minimum Gasteiger partial charge on any atom is -0.493 e. The lowest BCUT2D eigenvalue weighted by Crippen LogP contribution is -2.55. The molecule has 8 nitrogen and oxygen atoms in total. The number of aromatic carboxylic acids is 1. The molecule has 2 unspecified atom stereocenters. The molecule has 0 amide bonds. The first kappa shape index (κ1) is 27.2. The van der Waals surface area contributed by atoms with Crippen LogP contribution in [0.4, 0.5) is 0 Å². The summed E-state index contributed by atoms with van der Waals surface area (Å²) in [5, 5.41) is 10.4. The van der Waals surface area contributed by atoms with Crippen LogP contribution < -0.4 is 9.47 Å². The number of hydrogen-bond acceptors (Lipinski definition) is 7. The molecule has 0 aromatic heterocycles. The van der Waals surface area contributed by atoms with Crippen LogP contribution in [-0.4, -0.2) is 38.4 Å². The van der Waals surface area contributed by atoms with E-state index in [1.54, 1.807) is 43.3 Å². The fourth-order valence-electron chi connectivity index (χ4n) is 7.79. The Hall–Kier alpha value is -3.63. The summed E-state index contributed by atoms with van der Waals surface area (Å²) in [4.78, 5) is 41.0. The molecule has 10 heteroatoms. The lowest BCUT2D eigenvalue weighted by molar-refractivity contribution is -0.167. The third kappa shape index (κ3) is 3.80. The van der Waals surface area contributed by atoms with E-state index >= 15 is 0 Å². The molecule has 4 aliphatic carbocycles. The normalized spacial score (nSPS) is 26.8. The van der Waals surface area contributed by atoms with Crippen molar-refractivity contribution in [3.8, 4) is 11.5 Å². The Morgan fingerprint density at radius 3 is 2.07 bits per heavy atom. The topological polar surface area (TPSA) is 124 Å². The van der Waals surface area contributed by atoms with Crippen LogP contribution in [0.5, 0.6) is 11.5 Å². The second-order valence-corrected chi connectivity index (χ2v) is 15.6. The van der Waals surface area contributed by atoms with Gasteiger partial charge in [0.2, 0.25) is 9.84 Å². The number of benzene rings is 3. The van der Waals surface area contributed by atoms with Crippen molar-refractivity contribution in [2.24, 2.45) is 23.2 Å². The minimum atomic E-state index is -3.84. The summed E-state index contributed by atoms with van der Waals surface area (Å²) < 4.78 is 39.0. The number of ether oxygens (including phenoxy) is 2. The molecule has 4 saturated carbocycles. The van der Waals surface area contributed by atoms with Crippen LogP contribution in [-0.2, 0) is 30.3 Å². The fraction of sp³-hybridized carbons (Fsp3) is 0.344. The van der Waals surface area contributed by atoms with E-state index in [4.69, 9.17) is 9.47 Å². The van der Waals surface area contributed by atoms with Crippen LogP contribution in [0.25, 0.3) is 0 Å². The molecule has 4 fully saturated rings. The van der Waals surface area contributed by atoms with Crippen molar-refractivity contribution < 1.29 is 37.4 Å². The zero-order valence-corrected chi connectivity index (χ0v) is 24.7. The second-order valence-electron chi connectivity index (χ2n) is 11.8. The Labute approximate surface area is 246 Å². The van der Waals surface area contributed by atoms with E-state index in [2.05, 4.69) is 0 Å². The predicted octanol–water partition coefficient (Wildman–Crippen LogP) is 5.24. The summed E-state index contributed by atoms with van der Waals surface area (Å²) in [6.07, 6.45) is 3.28. The van der Waals surface area contributed by atoms with Gasteiger partial charge in [0, 0.05) is 17.9 Å². The van der Waals surface area contributed by atoms with Gasteiger partial charge in [0.25, 0.3) is 0 Å². The number of methoxy groups -OCH3 is 1. The number of carboxylic acid groups (broad SMARTS) is 1. The van der Waals surface area contributed by atoms with Crippen molar-refractivity contribution in [2.75, 3.05) is 7.11 Å². The quantitative estimate of drug-likeness (QED) is 0.186. The number of carbonyl (C=O) groups is 3. The van der Waals surface area contributed by atoms with Gasteiger partial charge in [-0.15, -0.1) is 0 Å². The highest BCUT2D eigenvalue weighted by atomic mass is 32.2. The molecule has 8 rings (SSSR count). The van der Waals surface area contributed by atoms with Gasteiger partial charge in [-0.1, -0.05) is 24.3 Å². The summed E-state index contributed by atoms with van der Waals surface area (Å²) in [6, 6.07) is 14.6. The number of hydrogen-bond donors (Lipinski definition) is 1. The number of esters is 1. The van der Waals surface area contributed by atoms with Gasteiger partial charge >= 0.3 is 11.9 Å². The van der Waals surface area contributed by atoms with Gasteiger partial charge in [-0.25, -0.2) is 13.2 Å². The summed E-state index contributed by atoms with van der Waals surface area (Å²) in [5.74, 6) is -1.04. The number of Topliss-reactive ketones (excluding diaryl/α,β-unsaturated/α-hetero) is 1. The zero-order valence-electron chi connectivity index (χ0n) is 23.1. The number of carbonyl (C=O) groups excluding carboxylic acids is 2. The van der Waals surface area contributed by atoms with E-state index in [1.807, 2.05) is 0 Å². The lowest BCUT2D eigenvalue weighted by atomic mass is 9.49. The SMILES string of the molecule is COc1cc(C(=O)O)c([S+]2c3ccccc3S(=O)(=O)c3ccccc32)c(C)c1OC(=O)C12CC3CC(C1)C(=O)C(C3)C2. The Bertz CT molecular complexity index is 1740. The molecular weight excluding hydrogens is 576 g/mol. The molecular formula is C32H29O8S2+. The van der Waals surface area contributed by atoms with E-state index in [9.17, 15) is 27.9 Å². The third-order valence-electron chi connectivity index (χ3n) is 9.42. The van der Waals surface area contributed by atoms with Gasteiger partial charge in [-0.3, -0.25) is 9.59 Å². The van der Waals surface area contributed by atoms with Crippen molar-refractivity contribution in [1.82, 2.24) is 0 Å². The standard InChI is InChI=1S/C32H28O8S2/c1-17-28(40-31(36)32-14-18-11-19(15-32)27(33)20(12-18)16-32)22(39-2)13-21(30(34)35)29(17)41-23-7-3-5-9-25(23)42(37,38)26-10-6-4-8-24(26)41/h3-10,13,18-20H,11-12,14-16H2,1-2H3/p+1. The zero-order chi connectivity index (χ0) is 29.6. The van der Waals surface area contributed by atoms with E-state index < -0.39 is 38.1 Å². The van der Waals surface area contributed by atoms with Crippen LogP contribution >= 0.6 is 0 Å². The Kier molecular flexibility index (Phi) is 6.12. The molecule has 5 aliphatic rings. The highest BCUT2D eigenvalue weighted by molar-refractivity contribution is 8.00. The Balaban J connectivity index is 1.40. The summed E-state index contributed by atoms with van der Waals surface area (Å²) in [5.41, 5.74) is -0.418. The summed E-state index contributed by atoms with van der Waals surface area (Å²) in [6.45, 7) is 1.69. The lowest BCUT2D eigenvalue weighted by Gasteiger charge is -2.53. The molecule has 1 N–H and O–H groups in total. The van der Waals surface area contributed by atoms with Crippen molar-refractivity contribution in [3.63, 3.8) is 0 Å². The van der Waals surface area contributed by atoms with E-state index in [1.165, 1.54) is 25.3 Å². The van der Waals surface area contributed by atoms with Gasteiger partial charge in [0.05, 0.1) is 18.1 Å². The molecule has 0 spiro atoms. The molecule has 3 aromatic rings. The Morgan fingerprint density at radius 2 is 1.52 bits per heavy atom. The molecule has 1 aliphatic heterocycles. The van der Waals surface area contributed by atoms with Crippen LogP contribution in [0, 0.1) is 30.1 Å². The molecule has 2 atom stereocenters. The first-order valence-electron chi connectivity index (χ1n) is 13.9. The number of fused-ring (bicyclic) bond motifs is 2. The van der Waals surface area contributed by atoms with Crippen LogP contribution in [0.3, 0.4) is 0 Å². The van der Waals surface area contributed by atoms with Crippen molar-refractivity contribution in [2.45, 2.75) is 63.5 Å². The van der Waals surface area contributed by atoms with Gasteiger partial charge < -0.3 is 14.6 Å². The van der Waals surface area contributed by atoms with Gasteiger partial charge in [-0.2, -0.15) is 0 Å². The highest BCUT2D eigenvalue weighted by Gasteiger charge is 2.59. The first-order chi connectivity index (χ1) is 20.1. The van der Waals surface area contributed by atoms with Crippen LogP contribution in [0.2, 0.25) is 0 Å². The molecule has 0 saturated heterocycles. The van der Waals surface area contributed by atoms with Gasteiger partial charge in [-0.05, 0) is 69.2 Å². The number of sulfone groups is 1. The largest absolute Gasteiger partial charge is 0.493 e. The number of rotatable bonds is 5. The fourth-order valence-corrected chi connectivity index (χ4v) is 12.8. The average molecular weight is 606 g/mol.